The van der Waals surface area contributed by atoms with Gasteiger partial charge in [-0.3, -0.25) is 4.79 Å². The highest BCUT2D eigenvalue weighted by Crippen LogP contribution is 2.44. The molecule has 0 saturated carbocycles. The molecular weight excluding hydrogens is 421 g/mol. The molecule has 1 heterocycles. The summed E-state index contributed by atoms with van der Waals surface area (Å²) in [6.07, 6.45) is -5.18. The monoisotopic (exact) mass is 440 g/mol. The lowest BCUT2D eigenvalue weighted by molar-refractivity contribution is -0.285. The van der Waals surface area contributed by atoms with Crippen molar-refractivity contribution >= 4 is 23.1 Å². The number of hydrogen-bond donors (Lipinski definition) is 3. The average molecular weight is 440 g/mol. The van der Waals surface area contributed by atoms with Crippen LogP contribution in [0.25, 0.3) is 0 Å². The molecule has 0 spiro atoms. The van der Waals surface area contributed by atoms with Gasteiger partial charge in [0.15, 0.2) is 10.9 Å². The number of carbonyl (C=O) groups is 1. The van der Waals surface area contributed by atoms with E-state index in [0.29, 0.717) is 17.1 Å². The van der Waals surface area contributed by atoms with Crippen molar-refractivity contribution in [3.63, 3.8) is 0 Å². The molecule has 10 heteroatoms. The van der Waals surface area contributed by atoms with Crippen LogP contribution in [0.2, 0.25) is 0 Å². The van der Waals surface area contributed by atoms with Gasteiger partial charge in [-0.05, 0) is 54.2 Å². The van der Waals surface area contributed by atoms with Crippen molar-refractivity contribution in [2.24, 2.45) is 5.92 Å². The minimum Gasteiger partial charge on any atom is -0.497 e. The van der Waals surface area contributed by atoms with Gasteiger partial charge in [0.25, 0.3) is 0 Å². The van der Waals surface area contributed by atoms with Crippen molar-refractivity contribution in [1.29, 1.82) is 0 Å². The first-order chi connectivity index (χ1) is 14.1. The first-order valence-corrected chi connectivity index (χ1v) is 9.21. The van der Waals surface area contributed by atoms with Gasteiger partial charge >= 0.3 is 6.18 Å². The first-order valence-electron chi connectivity index (χ1n) is 8.80. The van der Waals surface area contributed by atoms with E-state index in [1.807, 2.05) is 5.32 Å². The molecule has 2 aromatic rings. The minimum absolute atomic E-state index is 0.0154. The Kier molecular flexibility index (Phi) is 5.91. The smallest absolute Gasteiger partial charge is 0.437 e. The number of ether oxygens (including phenoxy) is 2. The topological polar surface area (TPSA) is 79.8 Å². The molecule has 3 rings (SSSR count). The van der Waals surface area contributed by atoms with E-state index in [0.717, 1.165) is 0 Å². The standard InChI is InChI=1S/C20H19F3N2O4S/c1-28-13-7-3-11(4-8-13)16-15(17(26)12-5-9-14(29-2)10-6-12)19(27,20(21,22)23)25-18(30)24-16/h3-10,15-16,27H,1-2H3,(H2,24,25,30). The van der Waals surface area contributed by atoms with Crippen LogP contribution in [0.5, 0.6) is 11.5 Å². The number of benzene rings is 2. The molecule has 0 aliphatic carbocycles. The number of halogens is 3. The van der Waals surface area contributed by atoms with Gasteiger partial charge in [-0.1, -0.05) is 12.1 Å². The average Bonchev–Trinajstić information content (AvgIpc) is 2.72. The summed E-state index contributed by atoms with van der Waals surface area (Å²) >= 11 is 4.90. The molecule has 3 N–H and O–H groups in total. The summed E-state index contributed by atoms with van der Waals surface area (Å²) in [5.41, 5.74) is -3.26. The lowest BCUT2D eigenvalue weighted by atomic mass is 9.77. The Hall–Kier alpha value is -2.85. The molecule has 1 fully saturated rings. The number of Topliss-reactive ketones (excluding diaryl/α,β-unsaturated/α-hetero) is 1. The Morgan fingerprint density at radius 2 is 1.53 bits per heavy atom. The third-order valence-electron chi connectivity index (χ3n) is 4.94. The second-order valence-electron chi connectivity index (χ2n) is 6.68. The molecular formula is C20H19F3N2O4S. The predicted octanol–water partition coefficient (Wildman–Crippen LogP) is 2.97. The van der Waals surface area contributed by atoms with Gasteiger partial charge in [-0.25, -0.2) is 0 Å². The van der Waals surface area contributed by atoms with E-state index >= 15 is 0 Å². The van der Waals surface area contributed by atoms with Crippen molar-refractivity contribution in [3.8, 4) is 11.5 Å². The van der Waals surface area contributed by atoms with Crippen LogP contribution >= 0.6 is 12.2 Å². The maximum atomic E-state index is 14.0. The van der Waals surface area contributed by atoms with E-state index < -0.39 is 34.8 Å². The lowest BCUT2D eigenvalue weighted by Gasteiger charge is -2.46. The molecule has 1 aliphatic rings. The largest absolute Gasteiger partial charge is 0.497 e. The van der Waals surface area contributed by atoms with Gasteiger partial charge in [0, 0.05) is 5.56 Å². The Labute approximate surface area is 176 Å². The highest BCUT2D eigenvalue weighted by Gasteiger charge is 2.65. The molecule has 2 aromatic carbocycles. The number of thiocarbonyl (C=S) groups is 1. The third kappa shape index (κ3) is 3.92. The summed E-state index contributed by atoms with van der Waals surface area (Å²) in [6.45, 7) is 0. The van der Waals surface area contributed by atoms with Crippen LogP contribution in [-0.4, -0.2) is 42.1 Å². The van der Waals surface area contributed by atoms with Crippen LogP contribution in [0.3, 0.4) is 0 Å². The number of alkyl halides is 3. The van der Waals surface area contributed by atoms with Crippen LogP contribution in [0, 0.1) is 5.92 Å². The van der Waals surface area contributed by atoms with Crippen molar-refractivity contribution < 1.29 is 32.5 Å². The normalized spacial score (nSPS) is 23.9. The second kappa shape index (κ2) is 8.11. The number of ketones is 1. The van der Waals surface area contributed by atoms with E-state index in [1.165, 1.54) is 50.6 Å². The van der Waals surface area contributed by atoms with Gasteiger partial charge in [-0.2, -0.15) is 13.2 Å². The molecule has 0 radical (unpaired) electrons. The summed E-state index contributed by atoms with van der Waals surface area (Å²) in [5.74, 6) is -1.96. The van der Waals surface area contributed by atoms with E-state index in [-0.39, 0.29) is 5.56 Å². The number of hydrogen-bond acceptors (Lipinski definition) is 5. The molecule has 6 nitrogen and oxygen atoms in total. The first kappa shape index (κ1) is 21.8. The molecule has 0 aromatic heterocycles. The van der Waals surface area contributed by atoms with Crippen LogP contribution < -0.4 is 20.1 Å². The predicted molar refractivity (Wildman–Crippen MR) is 106 cm³/mol. The van der Waals surface area contributed by atoms with E-state index in [1.54, 1.807) is 12.1 Å². The Balaban J connectivity index is 2.11. The molecule has 1 saturated heterocycles. The molecule has 160 valence electrons. The van der Waals surface area contributed by atoms with Crippen molar-refractivity contribution in [2.75, 3.05) is 14.2 Å². The quantitative estimate of drug-likeness (QED) is 0.487. The second-order valence-corrected chi connectivity index (χ2v) is 7.09. The van der Waals surface area contributed by atoms with Crippen LogP contribution in [0.4, 0.5) is 13.2 Å². The zero-order chi connectivity index (χ0) is 22.1. The summed E-state index contributed by atoms with van der Waals surface area (Å²) in [7, 11) is 2.88. The lowest BCUT2D eigenvalue weighted by Crippen LogP contribution is -2.72. The van der Waals surface area contributed by atoms with Crippen LogP contribution in [0.1, 0.15) is 22.0 Å². The van der Waals surface area contributed by atoms with Gasteiger partial charge in [0.2, 0.25) is 5.72 Å². The van der Waals surface area contributed by atoms with E-state index in [2.05, 4.69) is 5.32 Å². The van der Waals surface area contributed by atoms with Gasteiger partial charge in [-0.15, -0.1) is 0 Å². The van der Waals surface area contributed by atoms with Crippen LogP contribution in [-0.2, 0) is 0 Å². The number of methoxy groups -OCH3 is 2. The minimum atomic E-state index is -5.18. The number of rotatable bonds is 5. The maximum absolute atomic E-state index is 14.0. The fraction of sp³-hybridized carbons (Fsp3) is 0.300. The molecule has 3 atom stereocenters. The van der Waals surface area contributed by atoms with Crippen LogP contribution in [0.15, 0.2) is 48.5 Å². The number of nitrogens with one attached hydrogen (secondary N) is 2. The summed E-state index contributed by atoms with van der Waals surface area (Å²) in [6, 6.07) is 10.5. The SMILES string of the molecule is COc1ccc(C(=O)C2C(c3ccc(OC)cc3)NC(=S)NC2(O)C(F)(F)F)cc1. The van der Waals surface area contributed by atoms with Crippen molar-refractivity contribution in [3.05, 3.63) is 59.7 Å². The van der Waals surface area contributed by atoms with Gasteiger partial charge < -0.3 is 25.2 Å². The Bertz CT molecular complexity index is 935. The van der Waals surface area contributed by atoms with E-state index in [4.69, 9.17) is 21.7 Å². The maximum Gasteiger partial charge on any atom is 0.437 e. The molecule has 1 aliphatic heterocycles. The number of aliphatic hydroxyl groups is 1. The van der Waals surface area contributed by atoms with Gasteiger partial charge in [0.05, 0.1) is 20.3 Å². The fourth-order valence-electron chi connectivity index (χ4n) is 3.36. The van der Waals surface area contributed by atoms with Crippen molar-refractivity contribution in [2.45, 2.75) is 17.9 Å². The highest BCUT2D eigenvalue weighted by atomic mass is 32.1. The summed E-state index contributed by atoms with van der Waals surface area (Å²) < 4.78 is 52.0. The Morgan fingerprint density at radius 1 is 1.03 bits per heavy atom. The Morgan fingerprint density at radius 3 is 2.00 bits per heavy atom. The molecule has 3 unspecified atom stereocenters. The molecule has 0 bridgehead atoms. The third-order valence-corrected chi connectivity index (χ3v) is 5.16. The summed E-state index contributed by atoms with van der Waals surface area (Å²) in [5, 5.41) is 14.8. The fourth-order valence-corrected chi connectivity index (χ4v) is 3.65. The summed E-state index contributed by atoms with van der Waals surface area (Å²) in [4.78, 5) is 13.2. The highest BCUT2D eigenvalue weighted by molar-refractivity contribution is 7.80. The zero-order valence-corrected chi connectivity index (χ0v) is 16.8. The van der Waals surface area contributed by atoms with Gasteiger partial charge in [0.1, 0.15) is 17.4 Å². The number of carbonyl (C=O) groups excluding carboxylic acids is 1. The molecule has 30 heavy (non-hydrogen) atoms. The zero-order valence-electron chi connectivity index (χ0n) is 16.0. The van der Waals surface area contributed by atoms with E-state index in [9.17, 15) is 23.1 Å². The van der Waals surface area contributed by atoms with Crippen molar-refractivity contribution in [1.82, 2.24) is 10.6 Å². The molecule has 0 amide bonds.